The van der Waals surface area contributed by atoms with Crippen LogP contribution in [0.1, 0.15) is 53.9 Å². The van der Waals surface area contributed by atoms with Gasteiger partial charge in [0.1, 0.15) is 5.60 Å². The van der Waals surface area contributed by atoms with Crippen LogP contribution < -0.4 is 0 Å². The quantitative estimate of drug-likeness (QED) is 0.740. The number of amides is 1. The Morgan fingerprint density at radius 2 is 1.74 bits per heavy atom. The van der Waals surface area contributed by atoms with Gasteiger partial charge in [0, 0.05) is 25.4 Å². The lowest BCUT2D eigenvalue weighted by Crippen LogP contribution is -2.41. The fourth-order valence-corrected chi connectivity index (χ4v) is 2.34. The third-order valence-electron chi connectivity index (χ3n) is 3.30. The van der Waals surface area contributed by atoms with Gasteiger partial charge in [-0.3, -0.25) is 9.59 Å². The third-order valence-corrected chi connectivity index (χ3v) is 3.30. The summed E-state index contributed by atoms with van der Waals surface area (Å²) in [5.74, 6) is 0.505. The number of hydrogen-bond donors (Lipinski definition) is 0. The second-order valence-corrected chi connectivity index (χ2v) is 6.71. The standard InChI is InChI=1S/C15H27NO3/c1-11(2)14(18)16-8-6-12(7-9-16)10-13(17)19-15(3,4)5/h11-12H,6-10H2,1-5H3. The van der Waals surface area contributed by atoms with E-state index >= 15 is 0 Å². The number of rotatable bonds is 3. The molecular weight excluding hydrogens is 242 g/mol. The molecule has 0 aliphatic carbocycles. The molecule has 0 spiro atoms. The molecule has 1 heterocycles. The van der Waals surface area contributed by atoms with Crippen LogP contribution in [0.4, 0.5) is 0 Å². The van der Waals surface area contributed by atoms with Crippen LogP contribution in [0.2, 0.25) is 0 Å². The Morgan fingerprint density at radius 3 is 2.16 bits per heavy atom. The van der Waals surface area contributed by atoms with Crippen LogP contribution in [-0.4, -0.2) is 35.5 Å². The van der Waals surface area contributed by atoms with E-state index in [9.17, 15) is 9.59 Å². The van der Waals surface area contributed by atoms with Gasteiger partial charge < -0.3 is 9.64 Å². The average molecular weight is 269 g/mol. The van der Waals surface area contributed by atoms with Crippen molar-refractivity contribution >= 4 is 11.9 Å². The largest absolute Gasteiger partial charge is 0.460 e. The lowest BCUT2D eigenvalue weighted by molar-refractivity contribution is -0.156. The molecule has 4 heteroatoms. The first-order valence-corrected chi connectivity index (χ1v) is 7.19. The van der Waals surface area contributed by atoms with E-state index in [0.29, 0.717) is 12.3 Å². The van der Waals surface area contributed by atoms with Crippen LogP contribution in [0.15, 0.2) is 0 Å². The molecule has 0 bridgehead atoms. The molecule has 0 aromatic rings. The molecule has 1 fully saturated rings. The highest BCUT2D eigenvalue weighted by molar-refractivity contribution is 5.78. The molecule has 4 nitrogen and oxygen atoms in total. The Balaban J connectivity index is 2.34. The van der Waals surface area contributed by atoms with Gasteiger partial charge in [0.15, 0.2) is 0 Å². The second kappa shape index (κ2) is 6.40. The summed E-state index contributed by atoms with van der Waals surface area (Å²) in [6, 6.07) is 0. The summed E-state index contributed by atoms with van der Waals surface area (Å²) in [6.07, 6.45) is 2.27. The Morgan fingerprint density at radius 1 is 1.21 bits per heavy atom. The van der Waals surface area contributed by atoms with Crippen LogP contribution in [0.25, 0.3) is 0 Å². The topological polar surface area (TPSA) is 46.6 Å². The molecule has 1 aliphatic heterocycles. The molecule has 1 aliphatic rings. The van der Waals surface area contributed by atoms with Gasteiger partial charge in [0.25, 0.3) is 0 Å². The van der Waals surface area contributed by atoms with Gasteiger partial charge in [0.05, 0.1) is 0 Å². The predicted molar refractivity (Wildman–Crippen MR) is 74.6 cm³/mol. The van der Waals surface area contributed by atoms with Gasteiger partial charge in [-0.15, -0.1) is 0 Å². The molecule has 0 unspecified atom stereocenters. The number of carbonyl (C=O) groups excluding carboxylic acids is 2. The van der Waals surface area contributed by atoms with Crippen molar-refractivity contribution in [1.82, 2.24) is 4.90 Å². The van der Waals surface area contributed by atoms with Gasteiger partial charge in [-0.05, 0) is 39.5 Å². The fraction of sp³-hybridized carbons (Fsp3) is 0.867. The van der Waals surface area contributed by atoms with Crippen LogP contribution in [-0.2, 0) is 14.3 Å². The van der Waals surface area contributed by atoms with Crippen LogP contribution in [0.5, 0.6) is 0 Å². The van der Waals surface area contributed by atoms with Crippen molar-refractivity contribution in [3.05, 3.63) is 0 Å². The van der Waals surface area contributed by atoms with Gasteiger partial charge >= 0.3 is 5.97 Å². The summed E-state index contributed by atoms with van der Waals surface area (Å²) in [5, 5.41) is 0. The monoisotopic (exact) mass is 269 g/mol. The zero-order valence-corrected chi connectivity index (χ0v) is 12.9. The van der Waals surface area contributed by atoms with E-state index in [1.54, 1.807) is 0 Å². The number of carbonyl (C=O) groups is 2. The van der Waals surface area contributed by atoms with Crippen molar-refractivity contribution in [1.29, 1.82) is 0 Å². The van der Waals surface area contributed by atoms with E-state index in [1.807, 2.05) is 39.5 Å². The summed E-state index contributed by atoms with van der Waals surface area (Å²) in [7, 11) is 0. The third kappa shape index (κ3) is 5.62. The molecule has 0 aromatic heterocycles. The fourth-order valence-electron chi connectivity index (χ4n) is 2.34. The van der Waals surface area contributed by atoms with E-state index in [4.69, 9.17) is 4.74 Å². The van der Waals surface area contributed by atoms with Crippen molar-refractivity contribution in [3.63, 3.8) is 0 Å². The molecule has 0 N–H and O–H groups in total. The van der Waals surface area contributed by atoms with Crippen molar-refractivity contribution in [2.75, 3.05) is 13.1 Å². The molecule has 19 heavy (non-hydrogen) atoms. The molecule has 0 saturated carbocycles. The normalized spacial score (nSPS) is 17.7. The maximum atomic E-state index is 11.8. The zero-order valence-electron chi connectivity index (χ0n) is 12.9. The molecule has 110 valence electrons. The minimum Gasteiger partial charge on any atom is -0.460 e. The summed E-state index contributed by atoms with van der Waals surface area (Å²) in [4.78, 5) is 25.5. The van der Waals surface area contributed by atoms with E-state index in [-0.39, 0.29) is 17.8 Å². The molecule has 0 radical (unpaired) electrons. The molecule has 1 rings (SSSR count). The van der Waals surface area contributed by atoms with Crippen molar-refractivity contribution in [2.24, 2.45) is 11.8 Å². The molecule has 1 amide bonds. The maximum absolute atomic E-state index is 11.8. The zero-order chi connectivity index (χ0) is 14.6. The second-order valence-electron chi connectivity index (χ2n) is 6.71. The molecule has 0 atom stereocenters. The minimum absolute atomic E-state index is 0.0578. The van der Waals surface area contributed by atoms with Crippen LogP contribution in [0.3, 0.4) is 0 Å². The Hall–Kier alpha value is -1.06. The number of nitrogens with zero attached hydrogens (tertiary/aromatic N) is 1. The van der Waals surface area contributed by atoms with Gasteiger partial charge in [-0.25, -0.2) is 0 Å². The highest BCUT2D eigenvalue weighted by atomic mass is 16.6. The number of hydrogen-bond acceptors (Lipinski definition) is 3. The lowest BCUT2D eigenvalue weighted by Gasteiger charge is -2.33. The molecule has 0 aromatic carbocycles. The Labute approximate surface area is 116 Å². The summed E-state index contributed by atoms with van der Waals surface area (Å²) < 4.78 is 5.33. The highest BCUT2D eigenvalue weighted by Crippen LogP contribution is 2.23. The average Bonchev–Trinajstić information content (AvgIpc) is 2.26. The number of esters is 1. The smallest absolute Gasteiger partial charge is 0.306 e. The van der Waals surface area contributed by atoms with Gasteiger partial charge in [-0.2, -0.15) is 0 Å². The van der Waals surface area contributed by atoms with Gasteiger partial charge in [-0.1, -0.05) is 13.8 Å². The Kier molecular flexibility index (Phi) is 5.39. The number of piperidine rings is 1. The lowest BCUT2D eigenvalue weighted by atomic mass is 9.93. The first-order valence-electron chi connectivity index (χ1n) is 7.19. The summed E-state index contributed by atoms with van der Waals surface area (Å²) in [6.45, 7) is 11.0. The van der Waals surface area contributed by atoms with E-state index in [0.717, 1.165) is 25.9 Å². The Bertz CT molecular complexity index is 323. The van der Waals surface area contributed by atoms with Crippen molar-refractivity contribution < 1.29 is 14.3 Å². The first-order chi connectivity index (χ1) is 8.69. The van der Waals surface area contributed by atoms with Gasteiger partial charge in [0.2, 0.25) is 5.91 Å². The van der Waals surface area contributed by atoms with E-state index in [2.05, 4.69) is 0 Å². The number of ether oxygens (including phenoxy) is 1. The summed E-state index contributed by atoms with van der Waals surface area (Å²) in [5.41, 5.74) is -0.411. The maximum Gasteiger partial charge on any atom is 0.306 e. The first kappa shape index (κ1) is 16.0. The predicted octanol–water partition coefficient (Wildman–Crippen LogP) is 2.61. The number of likely N-dealkylation sites (tertiary alicyclic amines) is 1. The van der Waals surface area contributed by atoms with Crippen LogP contribution >= 0.6 is 0 Å². The van der Waals surface area contributed by atoms with Crippen molar-refractivity contribution in [2.45, 2.75) is 59.5 Å². The van der Waals surface area contributed by atoms with E-state index in [1.165, 1.54) is 0 Å². The minimum atomic E-state index is -0.411. The van der Waals surface area contributed by atoms with E-state index < -0.39 is 5.60 Å². The molecule has 1 saturated heterocycles. The SMILES string of the molecule is CC(C)C(=O)N1CCC(CC(=O)OC(C)(C)C)CC1. The highest BCUT2D eigenvalue weighted by Gasteiger charge is 2.27. The molecular formula is C15H27NO3. The van der Waals surface area contributed by atoms with Crippen LogP contribution in [0, 0.1) is 11.8 Å². The van der Waals surface area contributed by atoms with Crippen molar-refractivity contribution in [3.8, 4) is 0 Å². The summed E-state index contributed by atoms with van der Waals surface area (Å²) >= 11 is 0.